The molecule has 7 heteroatoms. The maximum atomic E-state index is 11.8. The monoisotopic (exact) mass is 333 g/mol. The van der Waals surface area contributed by atoms with E-state index in [-0.39, 0.29) is 11.4 Å². The van der Waals surface area contributed by atoms with Gasteiger partial charge in [0, 0.05) is 11.1 Å². The molecule has 0 bridgehead atoms. The van der Waals surface area contributed by atoms with Gasteiger partial charge in [-0.2, -0.15) is 0 Å². The third-order valence-corrected chi connectivity index (χ3v) is 3.07. The molecule has 0 atom stereocenters. The summed E-state index contributed by atoms with van der Waals surface area (Å²) in [6.45, 7) is 0. The number of carbonyl (C=O) groups is 1. The molecule has 23 heavy (non-hydrogen) atoms. The molecule has 2 rings (SSSR count). The fourth-order valence-corrected chi connectivity index (χ4v) is 1.97. The first-order valence-corrected chi connectivity index (χ1v) is 6.85. The van der Waals surface area contributed by atoms with Crippen molar-refractivity contribution in [3.05, 3.63) is 69.2 Å². The van der Waals surface area contributed by atoms with E-state index < -0.39 is 10.9 Å². The largest absolute Gasteiger partial charge is 0.496 e. The van der Waals surface area contributed by atoms with Crippen LogP contribution in [0.5, 0.6) is 11.5 Å². The highest BCUT2D eigenvalue weighted by molar-refractivity contribution is 6.30. The third-order valence-electron chi connectivity index (χ3n) is 2.83. The van der Waals surface area contributed by atoms with Gasteiger partial charge in [-0.1, -0.05) is 23.7 Å². The predicted molar refractivity (Wildman–Crippen MR) is 85.8 cm³/mol. The van der Waals surface area contributed by atoms with Gasteiger partial charge in [0.1, 0.15) is 5.75 Å². The molecule has 0 aliphatic carbocycles. The van der Waals surface area contributed by atoms with Crippen LogP contribution in [-0.4, -0.2) is 18.0 Å². The van der Waals surface area contributed by atoms with Gasteiger partial charge in [0.2, 0.25) is 5.75 Å². The van der Waals surface area contributed by atoms with Gasteiger partial charge < -0.3 is 9.47 Å². The number of nitro groups is 1. The second kappa shape index (κ2) is 7.42. The molecule has 0 saturated heterocycles. The van der Waals surface area contributed by atoms with E-state index in [0.717, 1.165) is 0 Å². The molecule has 6 nitrogen and oxygen atoms in total. The quantitative estimate of drug-likeness (QED) is 0.273. The van der Waals surface area contributed by atoms with Crippen molar-refractivity contribution in [2.24, 2.45) is 0 Å². The highest BCUT2D eigenvalue weighted by Crippen LogP contribution is 2.31. The van der Waals surface area contributed by atoms with E-state index in [0.29, 0.717) is 16.3 Å². The summed E-state index contributed by atoms with van der Waals surface area (Å²) >= 11 is 5.84. The molecule has 118 valence electrons. The Morgan fingerprint density at radius 2 is 2.04 bits per heavy atom. The lowest BCUT2D eigenvalue weighted by Gasteiger charge is -2.04. The maximum Gasteiger partial charge on any atom is 0.336 e. The van der Waals surface area contributed by atoms with E-state index in [1.807, 2.05) is 0 Å². The average Bonchev–Trinajstić information content (AvgIpc) is 2.53. The Morgan fingerprint density at radius 1 is 1.26 bits per heavy atom. The van der Waals surface area contributed by atoms with Crippen molar-refractivity contribution >= 4 is 29.3 Å². The molecule has 0 amide bonds. The van der Waals surface area contributed by atoms with Crippen molar-refractivity contribution in [1.29, 1.82) is 0 Å². The Hall–Kier alpha value is -2.86. The minimum Gasteiger partial charge on any atom is -0.496 e. The van der Waals surface area contributed by atoms with Crippen molar-refractivity contribution < 1.29 is 19.2 Å². The van der Waals surface area contributed by atoms with Crippen LogP contribution in [0, 0.1) is 10.1 Å². The van der Waals surface area contributed by atoms with E-state index in [1.165, 1.54) is 37.5 Å². The Morgan fingerprint density at radius 3 is 2.70 bits per heavy atom. The highest BCUT2D eigenvalue weighted by Gasteiger charge is 2.18. The van der Waals surface area contributed by atoms with Crippen LogP contribution in [0.4, 0.5) is 5.69 Å². The van der Waals surface area contributed by atoms with Crippen molar-refractivity contribution in [2.75, 3.05) is 7.11 Å². The zero-order chi connectivity index (χ0) is 16.8. The number of hydrogen-bond donors (Lipinski definition) is 0. The average molecular weight is 334 g/mol. The van der Waals surface area contributed by atoms with Gasteiger partial charge in [-0.3, -0.25) is 10.1 Å². The van der Waals surface area contributed by atoms with Crippen molar-refractivity contribution in [2.45, 2.75) is 0 Å². The van der Waals surface area contributed by atoms with Crippen LogP contribution in [0.1, 0.15) is 5.56 Å². The molecule has 0 saturated carbocycles. The van der Waals surface area contributed by atoms with E-state index >= 15 is 0 Å². The Balaban J connectivity index is 2.15. The number of halogens is 1. The van der Waals surface area contributed by atoms with Crippen molar-refractivity contribution in [3.63, 3.8) is 0 Å². The standard InChI is InChI=1S/C16H12ClNO5/c1-22-13-6-7-15(14(10-13)18(20)21)23-16(19)8-5-11-3-2-4-12(17)9-11/h2-10H,1H3. The third kappa shape index (κ3) is 4.55. The number of esters is 1. The maximum absolute atomic E-state index is 11.8. The molecular formula is C16H12ClNO5. The smallest absolute Gasteiger partial charge is 0.336 e. The van der Waals surface area contributed by atoms with Gasteiger partial charge in [-0.05, 0) is 35.9 Å². The highest BCUT2D eigenvalue weighted by atomic mass is 35.5. The van der Waals surface area contributed by atoms with Gasteiger partial charge in [-0.15, -0.1) is 0 Å². The molecule has 0 heterocycles. The van der Waals surface area contributed by atoms with Crippen LogP contribution in [0.25, 0.3) is 6.08 Å². The minimum atomic E-state index is -0.738. The lowest BCUT2D eigenvalue weighted by molar-refractivity contribution is -0.385. The van der Waals surface area contributed by atoms with Crippen LogP contribution in [0.3, 0.4) is 0 Å². The molecule has 0 spiro atoms. The van der Waals surface area contributed by atoms with E-state index in [9.17, 15) is 14.9 Å². The first-order valence-electron chi connectivity index (χ1n) is 6.47. The first kappa shape index (κ1) is 16.5. The summed E-state index contributed by atoms with van der Waals surface area (Å²) in [6.07, 6.45) is 2.67. The van der Waals surface area contributed by atoms with E-state index in [1.54, 1.807) is 24.3 Å². The SMILES string of the molecule is COc1ccc(OC(=O)C=Cc2cccc(Cl)c2)c([N+](=O)[O-])c1. The van der Waals surface area contributed by atoms with Gasteiger partial charge in [0.25, 0.3) is 0 Å². The van der Waals surface area contributed by atoms with Crippen LogP contribution in [0.2, 0.25) is 5.02 Å². The number of methoxy groups -OCH3 is 1. The molecule has 2 aromatic carbocycles. The molecule has 0 N–H and O–H groups in total. The van der Waals surface area contributed by atoms with Gasteiger partial charge >= 0.3 is 11.7 Å². The number of ether oxygens (including phenoxy) is 2. The summed E-state index contributed by atoms with van der Waals surface area (Å²) in [5.41, 5.74) is 0.354. The second-order valence-corrected chi connectivity index (χ2v) is 4.84. The van der Waals surface area contributed by atoms with E-state index in [4.69, 9.17) is 21.1 Å². The Labute approximate surface area is 137 Å². The lowest BCUT2D eigenvalue weighted by Crippen LogP contribution is -2.06. The summed E-state index contributed by atoms with van der Waals surface area (Å²) in [7, 11) is 1.39. The number of nitrogens with zero attached hydrogens (tertiary/aromatic N) is 1. The summed E-state index contributed by atoms with van der Waals surface area (Å²) in [4.78, 5) is 22.2. The van der Waals surface area contributed by atoms with Crippen LogP contribution >= 0.6 is 11.6 Å². The molecule has 0 unspecified atom stereocenters. The molecule has 0 fully saturated rings. The minimum absolute atomic E-state index is 0.156. The fraction of sp³-hybridized carbons (Fsp3) is 0.0625. The number of hydrogen-bond acceptors (Lipinski definition) is 5. The van der Waals surface area contributed by atoms with Crippen molar-refractivity contribution in [3.8, 4) is 11.5 Å². The molecule has 2 aromatic rings. The fourth-order valence-electron chi connectivity index (χ4n) is 1.77. The number of rotatable bonds is 5. The summed E-state index contributed by atoms with van der Waals surface area (Å²) in [5.74, 6) is -0.597. The van der Waals surface area contributed by atoms with Crippen molar-refractivity contribution in [1.82, 2.24) is 0 Å². The van der Waals surface area contributed by atoms with E-state index in [2.05, 4.69) is 0 Å². The second-order valence-electron chi connectivity index (χ2n) is 4.40. The molecule has 0 radical (unpaired) electrons. The van der Waals surface area contributed by atoms with Crippen LogP contribution in [0.15, 0.2) is 48.5 Å². The topological polar surface area (TPSA) is 78.7 Å². The molecule has 0 aromatic heterocycles. The molecule has 0 aliphatic heterocycles. The Bertz CT molecular complexity index is 773. The van der Waals surface area contributed by atoms with Gasteiger partial charge in [0.15, 0.2) is 0 Å². The number of benzene rings is 2. The summed E-state index contributed by atoms with van der Waals surface area (Å²) in [5, 5.41) is 11.5. The lowest BCUT2D eigenvalue weighted by atomic mass is 10.2. The van der Waals surface area contributed by atoms with Gasteiger partial charge in [0.05, 0.1) is 18.1 Å². The summed E-state index contributed by atoms with van der Waals surface area (Å²) < 4.78 is 9.91. The van der Waals surface area contributed by atoms with Gasteiger partial charge in [-0.25, -0.2) is 4.79 Å². The first-order chi connectivity index (χ1) is 11.0. The summed E-state index contributed by atoms with van der Waals surface area (Å²) in [6, 6.07) is 10.8. The molecule has 0 aliphatic rings. The zero-order valence-electron chi connectivity index (χ0n) is 12.1. The zero-order valence-corrected chi connectivity index (χ0v) is 12.8. The number of carbonyl (C=O) groups excluding carboxylic acids is 1. The normalized spacial score (nSPS) is 10.5. The Kier molecular flexibility index (Phi) is 5.32. The predicted octanol–water partition coefficient (Wildman–Crippen LogP) is 3.88. The van der Waals surface area contributed by atoms with Crippen LogP contribution in [-0.2, 0) is 4.79 Å². The number of nitro benzene ring substituents is 1. The molecular weight excluding hydrogens is 322 g/mol. The van der Waals surface area contributed by atoms with Crippen LogP contribution < -0.4 is 9.47 Å².